The Bertz CT molecular complexity index is 955. The standard InChI is InChI=1S/C19H21N5O2S/c1-12-15-17(21-7-14-9-26-10-14)22-11-23-18(15)27-16(12)19(25)24(2)8-13-3-5-20-6-4-13/h3-6,11,14H,7-10H2,1-2H3,(H,21,22,23). The molecule has 1 aliphatic rings. The van der Waals surface area contributed by atoms with Crippen LogP contribution in [0.25, 0.3) is 10.2 Å². The molecule has 4 heterocycles. The van der Waals surface area contributed by atoms with Crippen molar-refractivity contribution in [2.75, 3.05) is 32.1 Å². The van der Waals surface area contributed by atoms with Crippen LogP contribution in [0.4, 0.5) is 5.82 Å². The Morgan fingerprint density at radius 1 is 1.33 bits per heavy atom. The lowest BCUT2D eigenvalue weighted by Crippen LogP contribution is -2.33. The first kappa shape index (κ1) is 17.8. The largest absolute Gasteiger partial charge is 0.381 e. The van der Waals surface area contributed by atoms with Gasteiger partial charge in [-0.15, -0.1) is 11.3 Å². The van der Waals surface area contributed by atoms with Crippen LogP contribution in [0.5, 0.6) is 0 Å². The summed E-state index contributed by atoms with van der Waals surface area (Å²) in [7, 11) is 1.81. The summed E-state index contributed by atoms with van der Waals surface area (Å²) in [6, 6.07) is 3.83. The second-order valence-corrected chi connectivity index (χ2v) is 7.76. The summed E-state index contributed by atoms with van der Waals surface area (Å²) in [6.45, 7) is 4.88. The molecule has 1 fully saturated rings. The molecule has 0 unspecified atom stereocenters. The van der Waals surface area contributed by atoms with Gasteiger partial charge in [0.15, 0.2) is 0 Å². The number of rotatable bonds is 6. The van der Waals surface area contributed by atoms with E-state index in [1.165, 1.54) is 11.3 Å². The van der Waals surface area contributed by atoms with E-state index in [0.29, 0.717) is 17.3 Å². The first-order valence-corrected chi connectivity index (χ1v) is 9.65. The highest BCUT2D eigenvalue weighted by molar-refractivity contribution is 7.20. The number of hydrogen-bond donors (Lipinski definition) is 1. The molecule has 3 aromatic heterocycles. The second-order valence-electron chi connectivity index (χ2n) is 6.76. The number of ether oxygens (including phenoxy) is 1. The van der Waals surface area contributed by atoms with Crippen molar-refractivity contribution in [2.24, 2.45) is 5.92 Å². The van der Waals surface area contributed by atoms with Gasteiger partial charge in [0.2, 0.25) is 0 Å². The fourth-order valence-electron chi connectivity index (χ4n) is 3.06. The first-order chi connectivity index (χ1) is 13.1. The van der Waals surface area contributed by atoms with E-state index in [9.17, 15) is 4.79 Å². The molecule has 0 radical (unpaired) electrons. The van der Waals surface area contributed by atoms with Gasteiger partial charge in [0, 0.05) is 38.4 Å². The van der Waals surface area contributed by atoms with Crippen molar-refractivity contribution in [3.05, 3.63) is 46.9 Å². The number of aryl methyl sites for hydroxylation is 1. The van der Waals surface area contributed by atoms with E-state index in [0.717, 1.165) is 46.9 Å². The van der Waals surface area contributed by atoms with Crippen LogP contribution in [0, 0.1) is 12.8 Å². The zero-order valence-electron chi connectivity index (χ0n) is 15.3. The molecule has 27 heavy (non-hydrogen) atoms. The van der Waals surface area contributed by atoms with E-state index < -0.39 is 0 Å². The molecule has 0 atom stereocenters. The van der Waals surface area contributed by atoms with Gasteiger partial charge in [-0.05, 0) is 30.2 Å². The van der Waals surface area contributed by atoms with Crippen molar-refractivity contribution in [3.8, 4) is 0 Å². The molecule has 1 aliphatic heterocycles. The van der Waals surface area contributed by atoms with E-state index >= 15 is 0 Å². The molecule has 1 saturated heterocycles. The summed E-state index contributed by atoms with van der Waals surface area (Å²) in [4.78, 5) is 29.1. The number of nitrogens with one attached hydrogen (secondary N) is 1. The zero-order valence-corrected chi connectivity index (χ0v) is 16.1. The average molecular weight is 383 g/mol. The van der Waals surface area contributed by atoms with Crippen molar-refractivity contribution in [1.82, 2.24) is 19.9 Å². The maximum Gasteiger partial charge on any atom is 0.264 e. The number of fused-ring (bicyclic) bond motifs is 1. The number of thiophene rings is 1. The first-order valence-electron chi connectivity index (χ1n) is 8.83. The van der Waals surface area contributed by atoms with Crippen LogP contribution in [0.3, 0.4) is 0 Å². The van der Waals surface area contributed by atoms with E-state index in [2.05, 4.69) is 20.3 Å². The van der Waals surface area contributed by atoms with Crippen molar-refractivity contribution < 1.29 is 9.53 Å². The molecule has 8 heteroatoms. The molecule has 0 bridgehead atoms. The van der Waals surface area contributed by atoms with E-state index in [1.807, 2.05) is 26.1 Å². The minimum Gasteiger partial charge on any atom is -0.381 e. The molecule has 1 N–H and O–H groups in total. The second kappa shape index (κ2) is 7.58. The van der Waals surface area contributed by atoms with Crippen LogP contribution >= 0.6 is 11.3 Å². The Labute approximate surface area is 161 Å². The molecular weight excluding hydrogens is 362 g/mol. The van der Waals surface area contributed by atoms with Crippen LogP contribution in [-0.2, 0) is 11.3 Å². The van der Waals surface area contributed by atoms with Crippen LogP contribution in [0.2, 0.25) is 0 Å². The van der Waals surface area contributed by atoms with E-state index in [1.54, 1.807) is 23.6 Å². The number of carbonyl (C=O) groups excluding carboxylic acids is 1. The summed E-state index contributed by atoms with van der Waals surface area (Å²) in [6.07, 6.45) is 5.02. The van der Waals surface area contributed by atoms with Gasteiger partial charge in [0.05, 0.1) is 23.5 Å². The van der Waals surface area contributed by atoms with E-state index in [4.69, 9.17) is 4.74 Å². The van der Waals surface area contributed by atoms with Gasteiger partial charge in [0.1, 0.15) is 17.0 Å². The van der Waals surface area contributed by atoms with Gasteiger partial charge in [-0.3, -0.25) is 9.78 Å². The number of hydrogen-bond acceptors (Lipinski definition) is 7. The lowest BCUT2D eigenvalue weighted by Gasteiger charge is -2.26. The predicted octanol–water partition coefficient (Wildman–Crippen LogP) is 2.73. The normalized spacial score (nSPS) is 14.1. The topological polar surface area (TPSA) is 80.2 Å². The third-order valence-corrected chi connectivity index (χ3v) is 5.89. The SMILES string of the molecule is Cc1c(C(=O)N(C)Cc2ccncc2)sc2ncnc(NCC3COC3)c12. The lowest BCUT2D eigenvalue weighted by atomic mass is 10.1. The third kappa shape index (κ3) is 3.63. The smallest absolute Gasteiger partial charge is 0.264 e. The van der Waals surface area contributed by atoms with Gasteiger partial charge in [-0.1, -0.05) is 0 Å². The number of anilines is 1. The zero-order chi connectivity index (χ0) is 18.8. The Morgan fingerprint density at radius 2 is 2.11 bits per heavy atom. The van der Waals surface area contributed by atoms with Crippen LogP contribution in [0.15, 0.2) is 30.9 Å². The average Bonchev–Trinajstić information content (AvgIpc) is 2.98. The number of amides is 1. The number of pyridine rings is 1. The maximum absolute atomic E-state index is 13.0. The molecular formula is C19H21N5O2S. The number of carbonyl (C=O) groups is 1. The van der Waals surface area contributed by atoms with Crippen LogP contribution < -0.4 is 5.32 Å². The maximum atomic E-state index is 13.0. The summed E-state index contributed by atoms with van der Waals surface area (Å²) in [5.41, 5.74) is 1.97. The Hall–Kier alpha value is -2.58. The quantitative estimate of drug-likeness (QED) is 0.705. The van der Waals surface area contributed by atoms with Gasteiger partial charge in [0.25, 0.3) is 5.91 Å². The number of nitrogens with zero attached hydrogens (tertiary/aromatic N) is 4. The Kier molecular flexibility index (Phi) is 5.00. The molecule has 7 nitrogen and oxygen atoms in total. The molecule has 1 amide bonds. The minimum absolute atomic E-state index is 0.00865. The monoisotopic (exact) mass is 383 g/mol. The van der Waals surface area contributed by atoms with Crippen LogP contribution in [0.1, 0.15) is 20.8 Å². The van der Waals surface area contributed by atoms with Gasteiger partial charge >= 0.3 is 0 Å². The molecule has 0 saturated carbocycles. The third-order valence-electron chi connectivity index (χ3n) is 4.70. The van der Waals surface area contributed by atoms with Gasteiger partial charge in [-0.2, -0.15) is 0 Å². The molecule has 140 valence electrons. The highest BCUT2D eigenvalue weighted by atomic mass is 32.1. The molecule has 0 aliphatic carbocycles. The summed E-state index contributed by atoms with van der Waals surface area (Å²) >= 11 is 1.42. The highest BCUT2D eigenvalue weighted by Crippen LogP contribution is 2.34. The molecule has 3 aromatic rings. The van der Waals surface area contributed by atoms with Crippen molar-refractivity contribution in [2.45, 2.75) is 13.5 Å². The molecule has 4 rings (SSSR count). The number of aromatic nitrogens is 3. The summed E-state index contributed by atoms with van der Waals surface area (Å²) in [5.74, 6) is 1.30. The van der Waals surface area contributed by atoms with Gasteiger partial charge in [-0.25, -0.2) is 9.97 Å². The summed E-state index contributed by atoms with van der Waals surface area (Å²) in [5, 5.41) is 4.33. The minimum atomic E-state index is -0.00865. The molecule has 0 spiro atoms. The fraction of sp³-hybridized carbons (Fsp3) is 0.368. The van der Waals surface area contributed by atoms with Crippen LogP contribution in [-0.4, -0.2) is 52.6 Å². The van der Waals surface area contributed by atoms with Crippen molar-refractivity contribution in [1.29, 1.82) is 0 Å². The Balaban J connectivity index is 1.57. The molecule has 0 aromatic carbocycles. The van der Waals surface area contributed by atoms with E-state index in [-0.39, 0.29) is 5.91 Å². The predicted molar refractivity (Wildman–Crippen MR) is 105 cm³/mol. The van der Waals surface area contributed by atoms with Crippen molar-refractivity contribution >= 4 is 33.3 Å². The fourth-order valence-corrected chi connectivity index (χ4v) is 4.20. The van der Waals surface area contributed by atoms with Crippen molar-refractivity contribution in [3.63, 3.8) is 0 Å². The Morgan fingerprint density at radius 3 is 2.81 bits per heavy atom. The van der Waals surface area contributed by atoms with Gasteiger partial charge < -0.3 is 15.0 Å². The lowest BCUT2D eigenvalue weighted by molar-refractivity contribution is -0.0248. The summed E-state index contributed by atoms with van der Waals surface area (Å²) < 4.78 is 5.22. The highest BCUT2D eigenvalue weighted by Gasteiger charge is 2.23.